The molecule has 6 nitrogen and oxygen atoms in total. The summed E-state index contributed by atoms with van der Waals surface area (Å²) in [5.41, 5.74) is 4.59. The van der Waals surface area contributed by atoms with Gasteiger partial charge in [0.2, 0.25) is 10.0 Å². The fourth-order valence-electron chi connectivity index (χ4n) is 5.88. The van der Waals surface area contributed by atoms with Crippen LogP contribution in [-0.4, -0.2) is 51.2 Å². The van der Waals surface area contributed by atoms with Gasteiger partial charge >= 0.3 is 0 Å². The zero-order valence-corrected chi connectivity index (χ0v) is 20.1. The molecule has 2 aromatic rings. The molecule has 1 saturated heterocycles. The van der Waals surface area contributed by atoms with Gasteiger partial charge < -0.3 is 14.7 Å². The highest BCUT2D eigenvalue weighted by molar-refractivity contribution is 7.89. The average Bonchev–Trinajstić information content (AvgIpc) is 3.31. The van der Waals surface area contributed by atoms with E-state index in [-0.39, 0.29) is 29.5 Å². The molecule has 2 heterocycles. The number of anilines is 1. The van der Waals surface area contributed by atoms with Gasteiger partial charge in [0.1, 0.15) is 5.75 Å². The fourth-order valence-corrected chi connectivity index (χ4v) is 7.58. The van der Waals surface area contributed by atoms with Gasteiger partial charge in [-0.2, -0.15) is 4.31 Å². The van der Waals surface area contributed by atoms with Crippen LogP contribution in [0.25, 0.3) is 5.57 Å². The molecule has 5 rings (SSSR count). The van der Waals surface area contributed by atoms with Crippen molar-refractivity contribution >= 4 is 21.3 Å². The molecular formula is C26H32N2O4S. The minimum absolute atomic E-state index is 0.00292. The number of hydrogen-bond donors (Lipinski definition) is 1. The Morgan fingerprint density at radius 3 is 2.73 bits per heavy atom. The highest BCUT2D eigenvalue weighted by atomic mass is 32.2. The van der Waals surface area contributed by atoms with E-state index >= 15 is 0 Å². The molecule has 0 unspecified atom stereocenters. The summed E-state index contributed by atoms with van der Waals surface area (Å²) in [6, 6.07) is 12.7. The minimum Gasteiger partial charge on any atom is -0.497 e. The lowest BCUT2D eigenvalue weighted by Gasteiger charge is -2.44. The predicted octanol–water partition coefficient (Wildman–Crippen LogP) is 4.22. The van der Waals surface area contributed by atoms with E-state index in [9.17, 15) is 13.5 Å². The smallest absolute Gasteiger partial charge is 0.243 e. The Hall–Kier alpha value is -2.35. The molecule has 2 aromatic carbocycles. The number of ether oxygens (including phenoxy) is 1. The van der Waals surface area contributed by atoms with Gasteiger partial charge in [-0.1, -0.05) is 18.2 Å². The molecule has 1 fully saturated rings. The average molecular weight is 469 g/mol. The number of allylic oxidation sites excluding steroid dienone is 2. The Kier molecular flexibility index (Phi) is 5.97. The normalized spacial score (nSPS) is 25.4. The van der Waals surface area contributed by atoms with E-state index in [1.54, 1.807) is 28.6 Å². The summed E-state index contributed by atoms with van der Waals surface area (Å²) >= 11 is 0. The first-order valence-corrected chi connectivity index (χ1v) is 13.2. The van der Waals surface area contributed by atoms with Crippen molar-refractivity contribution in [1.82, 2.24) is 4.31 Å². The van der Waals surface area contributed by atoms with Gasteiger partial charge in [0.25, 0.3) is 0 Å². The van der Waals surface area contributed by atoms with E-state index < -0.39 is 10.0 Å². The van der Waals surface area contributed by atoms with E-state index in [0.717, 1.165) is 30.5 Å². The maximum atomic E-state index is 13.8. The molecule has 0 saturated carbocycles. The number of aliphatic hydroxyl groups is 1. The van der Waals surface area contributed by atoms with Crippen molar-refractivity contribution in [3.8, 4) is 5.75 Å². The maximum absolute atomic E-state index is 13.8. The Morgan fingerprint density at radius 1 is 1.15 bits per heavy atom. The second-order valence-corrected chi connectivity index (χ2v) is 11.2. The molecule has 176 valence electrons. The van der Waals surface area contributed by atoms with Gasteiger partial charge in [0.15, 0.2) is 0 Å². The monoisotopic (exact) mass is 468 g/mol. The number of sulfonamides is 1. The van der Waals surface area contributed by atoms with E-state index in [2.05, 4.69) is 29.2 Å². The Balaban J connectivity index is 1.61. The lowest BCUT2D eigenvalue weighted by atomic mass is 9.81. The molecule has 0 aromatic heterocycles. The van der Waals surface area contributed by atoms with Gasteiger partial charge in [-0.05, 0) is 73.1 Å². The van der Waals surface area contributed by atoms with Crippen LogP contribution in [0.4, 0.5) is 5.69 Å². The SMILES string of the molecule is COc1cccc(S(=O)(=O)N2CC[C@@H]3[C@H](CO)N(C)c4ccc(C5=CCCCC5)cc4[C@@H]32)c1. The van der Waals surface area contributed by atoms with Crippen LogP contribution in [0.5, 0.6) is 5.75 Å². The Bertz CT molecular complexity index is 1180. The molecule has 7 heteroatoms. The number of rotatable bonds is 5. The van der Waals surface area contributed by atoms with Crippen molar-refractivity contribution in [2.75, 3.05) is 32.2 Å². The van der Waals surface area contributed by atoms with Crippen LogP contribution >= 0.6 is 0 Å². The fraction of sp³-hybridized carbons (Fsp3) is 0.462. The van der Waals surface area contributed by atoms with Crippen molar-refractivity contribution in [2.45, 2.75) is 49.1 Å². The summed E-state index contributed by atoms with van der Waals surface area (Å²) in [6.07, 6.45) is 7.63. The summed E-state index contributed by atoms with van der Waals surface area (Å²) in [4.78, 5) is 2.38. The van der Waals surface area contributed by atoms with Crippen molar-refractivity contribution in [3.63, 3.8) is 0 Å². The number of methoxy groups -OCH3 is 1. The Labute approximate surface area is 196 Å². The van der Waals surface area contributed by atoms with Crippen LogP contribution in [-0.2, 0) is 10.0 Å². The second-order valence-electron chi connectivity index (χ2n) is 9.30. The number of benzene rings is 2. The van der Waals surface area contributed by atoms with Gasteiger partial charge in [-0.25, -0.2) is 8.42 Å². The maximum Gasteiger partial charge on any atom is 0.243 e. The number of nitrogens with zero attached hydrogens (tertiary/aromatic N) is 2. The highest BCUT2D eigenvalue weighted by Crippen LogP contribution is 2.51. The van der Waals surface area contributed by atoms with E-state index in [4.69, 9.17) is 4.74 Å². The van der Waals surface area contributed by atoms with Gasteiger partial charge in [0.05, 0.1) is 30.7 Å². The lowest BCUT2D eigenvalue weighted by molar-refractivity contribution is 0.193. The zero-order valence-electron chi connectivity index (χ0n) is 19.3. The third-order valence-electron chi connectivity index (χ3n) is 7.61. The van der Waals surface area contributed by atoms with Crippen LogP contribution in [0, 0.1) is 5.92 Å². The number of aliphatic hydroxyl groups excluding tert-OH is 1. The minimum atomic E-state index is -3.73. The molecule has 0 amide bonds. The molecule has 0 bridgehead atoms. The van der Waals surface area contributed by atoms with Crippen LogP contribution < -0.4 is 9.64 Å². The summed E-state index contributed by atoms with van der Waals surface area (Å²) in [5.74, 6) is 0.554. The largest absolute Gasteiger partial charge is 0.497 e. The van der Waals surface area contributed by atoms with Crippen LogP contribution in [0.3, 0.4) is 0 Å². The molecule has 0 spiro atoms. The molecule has 1 aliphatic carbocycles. The molecule has 1 N–H and O–H groups in total. The third-order valence-corrected chi connectivity index (χ3v) is 9.49. The number of hydrogen-bond acceptors (Lipinski definition) is 5. The molecule has 2 aliphatic heterocycles. The molecule has 3 aliphatic rings. The van der Waals surface area contributed by atoms with Gasteiger partial charge in [-0.3, -0.25) is 0 Å². The predicted molar refractivity (Wildman–Crippen MR) is 130 cm³/mol. The van der Waals surface area contributed by atoms with Crippen molar-refractivity contribution in [2.24, 2.45) is 5.92 Å². The molecular weight excluding hydrogens is 436 g/mol. The highest BCUT2D eigenvalue weighted by Gasteiger charge is 2.50. The first-order chi connectivity index (χ1) is 16.0. The summed E-state index contributed by atoms with van der Waals surface area (Å²) in [7, 11) is -0.184. The second kappa shape index (κ2) is 8.78. The molecule has 33 heavy (non-hydrogen) atoms. The van der Waals surface area contributed by atoms with Crippen molar-refractivity contribution < 1.29 is 18.3 Å². The van der Waals surface area contributed by atoms with Crippen LogP contribution in [0.1, 0.15) is 49.3 Å². The van der Waals surface area contributed by atoms with Crippen LogP contribution in [0.15, 0.2) is 53.4 Å². The first-order valence-electron chi connectivity index (χ1n) is 11.8. The molecule has 0 radical (unpaired) electrons. The molecule has 3 atom stereocenters. The standard InChI is InChI=1S/C26H32N2O4S/c1-27-24-12-11-19(18-7-4-3-5-8-18)15-23(24)26-22(25(27)17-29)13-14-28(26)33(30,31)21-10-6-9-20(16-21)32-2/h6-7,9-12,15-16,22,25-26,29H,3-5,8,13-14,17H2,1-2H3/t22-,25+,26-/m1/s1. The van der Waals surface area contributed by atoms with Crippen molar-refractivity contribution in [3.05, 3.63) is 59.7 Å². The topological polar surface area (TPSA) is 70.1 Å². The number of fused-ring (bicyclic) bond motifs is 3. The zero-order chi connectivity index (χ0) is 23.2. The number of likely N-dealkylation sites (N-methyl/N-ethyl adjacent to an activating group) is 1. The van der Waals surface area contributed by atoms with Crippen molar-refractivity contribution in [1.29, 1.82) is 0 Å². The van der Waals surface area contributed by atoms with E-state index in [1.807, 2.05) is 7.05 Å². The first kappa shape index (κ1) is 22.4. The van der Waals surface area contributed by atoms with E-state index in [1.165, 1.54) is 31.1 Å². The van der Waals surface area contributed by atoms with Gasteiger partial charge in [-0.15, -0.1) is 0 Å². The summed E-state index contributed by atoms with van der Waals surface area (Å²) in [5, 5.41) is 10.2. The third kappa shape index (κ3) is 3.76. The van der Waals surface area contributed by atoms with E-state index in [0.29, 0.717) is 12.3 Å². The lowest BCUT2D eigenvalue weighted by Crippen LogP contribution is -2.48. The summed E-state index contributed by atoms with van der Waals surface area (Å²) in [6.45, 7) is 0.433. The Morgan fingerprint density at radius 2 is 2.00 bits per heavy atom. The van der Waals surface area contributed by atoms with Crippen LogP contribution in [0.2, 0.25) is 0 Å². The quantitative estimate of drug-likeness (QED) is 0.712. The van der Waals surface area contributed by atoms with Gasteiger partial charge in [0, 0.05) is 31.3 Å². The summed E-state index contributed by atoms with van der Waals surface area (Å²) < 4.78 is 34.6.